The van der Waals surface area contributed by atoms with E-state index in [1.54, 1.807) is 30.9 Å². The van der Waals surface area contributed by atoms with Gasteiger partial charge in [-0.3, -0.25) is 0 Å². The first kappa shape index (κ1) is 16.6. The highest BCUT2D eigenvalue weighted by Gasteiger charge is 2.20. The minimum absolute atomic E-state index is 0.284. The number of hydrogen-bond acceptors (Lipinski definition) is 6. The molecule has 1 atom stereocenters. The van der Waals surface area contributed by atoms with E-state index in [4.69, 9.17) is 10.5 Å². The second kappa shape index (κ2) is 7.99. The molecule has 0 aliphatic rings. The first-order chi connectivity index (χ1) is 9.51. The predicted octanol–water partition coefficient (Wildman–Crippen LogP) is 2.42. The maximum absolute atomic E-state index is 12.0. The van der Waals surface area contributed by atoms with Crippen molar-refractivity contribution in [2.24, 2.45) is 0 Å². The monoisotopic (exact) mass is 297 g/mol. The molecule has 0 spiro atoms. The van der Waals surface area contributed by atoms with Gasteiger partial charge in [-0.15, -0.1) is 0 Å². The summed E-state index contributed by atoms with van der Waals surface area (Å²) in [5.41, 5.74) is 6.61. The van der Waals surface area contributed by atoms with Crippen molar-refractivity contribution < 1.29 is 9.53 Å². The Morgan fingerprint density at radius 2 is 2.30 bits per heavy atom. The normalized spacial score (nSPS) is 12.0. The molecule has 6 heteroatoms. The quantitative estimate of drug-likeness (QED) is 0.780. The van der Waals surface area contributed by atoms with Crippen LogP contribution in [0.5, 0.6) is 0 Å². The van der Waals surface area contributed by atoms with Gasteiger partial charge in [0.25, 0.3) is 0 Å². The Kier molecular flexibility index (Phi) is 6.64. The number of nitrogen functional groups attached to an aromatic ring is 1. The maximum Gasteiger partial charge on any atom is 0.341 e. The van der Waals surface area contributed by atoms with E-state index >= 15 is 0 Å². The van der Waals surface area contributed by atoms with Crippen LogP contribution in [0, 0.1) is 0 Å². The summed E-state index contributed by atoms with van der Waals surface area (Å²) in [4.78, 5) is 18.3. The summed E-state index contributed by atoms with van der Waals surface area (Å²) in [6.07, 6.45) is 4.67. The number of thioether (sulfide) groups is 1. The molecular weight excluding hydrogens is 274 g/mol. The maximum atomic E-state index is 12.0. The van der Waals surface area contributed by atoms with E-state index in [-0.39, 0.29) is 12.0 Å². The van der Waals surface area contributed by atoms with Gasteiger partial charge in [0.05, 0.1) is 18.5 Å². The van der Waals surface area contributed by atoms with Crippen molar-refractivity contribution in [3.63, 3.8) is 0 Å². The first-order valence-corrected chi connectivity index (χ1v) is 8.05. The van der Waals surface area contributed by atoms with Crippen LogP contribution in [0.3, 0.4) is 0 Å². The Bertz CT molecular complexity index is 454. The molecule has 2 N–H and O–H groups in total. The topological polar surface area (TPSA) is 68.5 Å². The second-order valence-electron chi connectivity index (χ2n) is 4.60. The molecule has 5 nitrogen and oxygen atoms in total. The number of rotatable bonds is 7. The van der Waals surface area contributed by atoms with Gasteiger partial charge in [-0.2, -0.15) is 11.8 Å². The van der Waals surface area contributed by atoms with Gasteiger partial charge >= 0.3 is 5.97 Å². The summed E-state index contributed by atoms with van der Waals surface area (Å²) in [6, 6.07) is 1.91. The third kappa shape index (κ3) is 4.30. The minimum Gasteiger partial charge on any atom is -0.462 e. The number of ether oxygens (including phenoxy) is 1. The number of hydrogen-bond donors (Lipinski definition) is 1. The Balaban J connectivity index is 3.00. The van der Waals surface area contributed by atoms with Crippen LogP contribution in [0.15, 0.2) is 12.3 Å². The zero-order chi connectivity index (χ0) is 15.1. The van der Waals surface area contributed by atoms with E-state index in [1.165, 1.54) is 0 Å². The molecule has 0 aliphatic heterocycles. The molecule has 0 amide bonds. The smallest absolute Gasteiger partial charge is 0.341 e. The molecule has 1 aromatic rings. The average molecular weight is 297 g/mol. The molecule has 0 aromatic carbocycles. The molecule has 112 valence electrons. The third-order valence-electron chi connectivity index (χ3n) is 3.12. The van der Waals surface area contributed by atoms with Gasteiger partial charge < -0.3 is 15.4 Å². The van der Waals surface area contributed by atoms with Crippen LogP contribution < -0.4 is 10.6 Å². The Morgan fingerprint density at radius 3 is 2.90 bits per heavy atom. The number of aromatic nitrogens is 1. The van der Waals surface area contributed by atoms with Gasteiger partial charge in [-0.25, -0.2) is 9.78 Å². The van der Waals surface area contributed by atoms with Gasteiger partial charge in [-0.1, -0.05) is 0 Å². The highest BCUT2D eigenvalue weighted by atomic mass is 32.2. The van der Waals surface area contributed by atoms with Crippen molar-refractivity contribution in [1.29, 1.82) is 0 Å². The van der Waals surface area contributed by atoms with Crippen molar-refractivity contribution in [3.05, 3.63) is 17.8 Å². The van der Waals surface area contributed by atoms with Gasteiger partial charge in [0, 0.05) is 13.1 Å². The fraction of sp³-hybridized carbons (Fsp3) is 0.571. The number of nitrogens with zero attached hydrogens (tertiary/aromatic N) is 2. The number of nitrogens with two attached hydrogens (primary N) is 1. The van der Waals surface area contributed by atoms with E-state index < -0.39 is 0 Å². The zero-order valence-electron chi connectivity index (χ0n) is 12.5. The van der Waals surface area contributed by atoms with E-state index in [0.29, 0.717) is 23.7 Å². The molecule has 0 radical (unpaired) electrons. The lowest BCUT2D eigenvalue weighted by molar-refractivity contribution is 0.0526. The molecule has 0 aliphatic carbocycles. The predicted molar refractivity (Wildman–Crippen MR) is 85.5 cm³/mol. The van der Waals surface area contributed by atoms with E-state index in [9.17, 15) is 4.79 Å². The largest absolute Gasteiger partial charge is 0.462 e. The van der Waals surface area contributed by atoms with Gasteiger partial charge in [0.2, 0.25) is 0 Å². The van der Waals surface area contributed by atoms with Crippen molar-refractivity contribution in [2.75, 3.05) is 36.3 Å². The lowest BCUT2D eigenvalue weighted by atomic mass is 10.2. The summed E-state index contributed by atoms with van der Waals surface area (Å²) < 4.78 is 5.07. The summed E-state index contributed by atoms with van der Waals surface area (Å²) in [7, 11) is 1.94. The average Bonchev–Trinajstić information content (AvgIpc) is 2.44. The van der Waals surface area contributed by atoms with Crippen molar-refractivity contribution in [1.82, 2.24) is 4.98 Å². The number of esters is 1. The lowest BCUT2D eigenvalue weighted by Crippen LogP contribution is -2.31. The number of pyridine rings is 1. The summed E-state index contributed by atoms with van der Waals surface area (Å²) in [5, 5.41) is 0. The van der Waals surface area contributed by atoms with Crippen LogP contribution in [0.4, 0.5) is 11.5 Å². The number of anilines is 2. The Labute approximate surface area is 124 Å². The van der Waals surface area contributed by atoms with Crippen molar-refractivity contribution >= 4 is 29.2 Å². The van der Waals surface area contributed by atoms with E-state index in [2.05, 4.69) is 18.2 Å². The highest BCUT2D eigenvalue weighted by Crippen LogP contribution is 2.23. The van der Waals surface area contributed by atoms with Crippen molar-refractivity contribution in [2.45, 2.75) is 26.3 Å². The van der Waals surface area contributed by atoms with Crippen LogP contribution in [0.2, 0.25) is 0 Å². The minimum atomic E-state index is -0.383. The van der Waals surface area contributed by atoms with Gasteiger partial charge in [-0.05, 0) is 38.3 Å². The Morgan fingerprint density at radius 1 is 1.60 bits per heavy atom. The van der Waals surface area contributed by atoms with Crippen molar-refractivity contribution in [3.8, 4) is 0 Å². The molecule has 0 fully saturated rings. The molecule has 1 aromatic heterocycles. The second-order valence-corrected chi connectivity index (χ2v) is 5.59. The summed E-state index contributed by atoms with van der Waals surface area (Å²) >= 11 is 1.80. The molecule has 1 rings (SSSR count). The van der Waals surface area contributed by atoms with E-state index in [0.717, 1.165) is 12.2 Å². The van der Waals surface area contributed by atoms with E-state index in [1.807, 2.05) is 11.9 Å². The third-order valence-corrected chi connectivity index (χ3v) is 3.76. The van der Waals surface area contributed by atoms with Crippen LogP contribution >= 0.6 is 11.8 Å². The fourth-order valence-electron chi connectivity index (χ4n) is 1.80. The van der Waals surface area contributed by atoms with Gasteiger partial charge in [0.1, 0.15) is 11.4 Å². The molecule has 1 unspecified atom stereocenters. The van der Waals surface area contributed by atoms with Gasteiger partial charge in [0.15, 0.2) is 0 Å². The molecule has 1 heterocycles. The zero-order valence-corrected chi connectivity index (χ0v) is 13.4. The SMILES string of the molecule is CCOC(=O)c1cc(N)cnc1N(C)C(C)CCSC. The molecule has 0 saturated carbocycles. The molecular formula is C14H23N3O2S. The standard InChI is InChI=1S/C14H23N3O2S/c1-5-19-14(18)12-8-11(15)9-16-13(12)17(3)10(2)6-7-20-4/h8-10H,5-7,15H2,1-4H3. The van der Waals surface area contributed by atoms with Crippen LogP contribution in [-0.4, -0.2) is 42.7 Å². The van der Waals surface area contributed by atoms with Crippen LogP contribution in [0.1, 0.15) is 30.6 Å². The summed E-state index contributed by atoms with van der Waals surface area (Å²) in [6.45, 7) is 4.23. The summed E-state index contributed by atoms with van der Waals surface area (Å²) in [5.74, 6) is 1.30. The Hall–Kier alpha value is -1.43. The fourth-order valence-corrected chi connectivity index (χ4v) is 2.38. The molecule has 0 saturated heterocycles. The number of carbonyl (C=O) groups is 1. The molecule has 20 heavy (non-hydrogen) atoms. The highest BCUT2D eigenvalue weighted by molar-refractivity contribution is 7.98. The molecule has 0 bridgehead atoms. The number of carbonyl (C=O) groups excluding carboxylic acids is 1. The van der Waals surface area contributed by atoms with Crippen LogP contribution in [0.25, 0.3) is 0 Å². The van der Waals surface area contributed by atoms with Crippen LogP contribution in [-0.2, 0) is 4.74 Å². The first-order valence-electron chi connectivity index (χ1n) is 6.65. The lowest BCUT2D eigenvalue weighted by Gasteiger charge is -2.27.